The highest BCUT2D eigenvalue weighted by molar-refractivity contribution is 6.57. The summed E-state index contributed by atoms with van der Waals surface area (Å²) >= 11 is 0. The van der Waals surface area contributed by atoms with Gasteiger partial charge in [0.2, 0.25) is 0 Å². The van der Waals surface area contributed by atoms with E-state index >= 15 is 0 Å². The molecule has 27 heavy (non-hydrogen) atoms. The van der Waals surface area contributed by atoms with Crippen molar-refractivity contribution in [3.63, 3.8) is 0 Å². The summed E-state index contributed by atoms with van der Waals surface area (Å²) in [7, 11) is 0. The van der Waals surface area contributed by atoms with E-state index in [-0.39, 0.29) is 5.84 Å². The number of rotatable bonds is 7. The number of benzene rings is 1. The summed E-state index contributed by atoms with van der Waals surface area (Å²) in [4.78, 5) is 9.43. The largest absolute Gasteiger partial charge is 0.390 e. The van der Waals surface area contributed by atoms with Gasteiger partial charge < -0.3 is 16.0 Å². The molecule has 0 aliphatic carbocycles. The van der Waals surface area contributed by atoms with Crippen molar-refractivity contribution < 1.29 is 0 Å². The molecule has 0 bridgehead atoms. The van der Waals surface area contributed by atoms with Crippen LogP contribution in [0, 0.1) is 5.41 Å². The van der Waals surface area contributed by atoms with E-state index in [4.69, 9.17) is 11.1 Å². The summed E-state index contributed by atoms with van der Waals surface area (Å²) in [6.45, 7) is 10.8. The third-order valence-electron chi connectivity index (χ3n) is 5.24. The van der Waals surface area contributed by atoms with Crippen LogP contribution in [0.15, 0.2) is 29.4 Å². The van der Waals surface area contributed by atoms with Gasteiger partial charge in [-0.25, -0.2) is 4.99 Å². The van der Waals surface area contributed by atoms with Crippen molar-refractivity contribution in [3.05, 3.63) is 30.0 Å². The fraction of sp³-hybridized carbons (Fsp3) is 0.524. The number of unbranched alkanes of at least 4 members (excludes halogenated alkanes) is 1. The molecule has 0 amide bonds. The average Bonchev–Trinajstić information content (AvgIpc) is 2.68. The fourth-order valence-corrected chi connectivity index (χ4v) is 3.64. The standard InChI is InChI=1S/C21H32N6/c1-3-5-8-24-15-18-17-7-6-16(14-19(17)25-21(23)20(18)22)27-12-10-26(9-4-2)11-13-27/h6-7,14-15,22,24H,3-5,8-13H2,1-2H3,(H2,23,25)/b18-15-,22-20?. The smallest absolute Gasteiger partial charge is 0.150 e. The van der Waals surface area contributed by atoms with E-state index in [0.29, 0.717) is 5.71 Å². The van der Waals surface area contributed by atoms with E-state index in [2.05, 4.69) is 52.2 Å². The van der Waals surface area contributed by atoms with Crippen LogP contribution in [0.4, 0.5) is 11.4 Å². The number of anilines is 1. The van der Waals surface area contributed by atoms with Crippen molar-refractivity contribution in [2.24, 2.45) is 10.7 Å². The van der Waals surface area contributed by atoms with Gasteiger partial charge in [-0.3, -0.25) is 10.3 Å². The van der Waals surface area contributed by atoms with Crippen LogP contribution < -0.4 is 16.0 Å². The number of nitrogens with one attached hydrogen (secondary N) is 2. The molecule has 2 heterocycles. The molecule has 0 spiro atoms. The Kier molecular flexibility index (Phi) is 6.50. The van der Waals surface area contributed by atoms with E-state index in [0.717, 1.165) is 62.4 Å². The molecule has 2 aliphatic heterocycles. The van der Waals surface area contributed by atoms with Crippen LogP contribution in [0.2, 0.25) is 0 Å². The Morgan fingerprint density at radius 1 is 1.19 bits per heavy atom. The number of fused-ring (bicyclic) bond motifs is 1. The van der Waals surface area contributed by atoms with Gasteiger partial charge in [0.05, 0.1) is 5.69 Å². The van der Waals surface area contributed by atoms with Crippen LogP contribution in [0.25, 0.3) is 5.57 Å². The summed E-state index contributed by atoms with van der Waals surface area (Å²) in [5.41, 5.74) is 10.2. The third-order valence-corrected chi connectivity index (χ3v) is 5.24. The zero-order valence-corrected chi connectivity index (χ0v) is 16.6. The van der Waals surface area contributed by atoms with Crippen LogP contribution in [0.1, 0.15) is 38.7 Å². The lowest BCUT2D eigenvalue weighted by Gasteiger charge is -2.36. The summed E-state index contributed by atoms with van der Waals surface area (Å²) in [5.74, 6) is 0.288. The van der Waals surface area contributed by atoms with Gasteiger partial charge in [-0.1, -0.05) is 26.3 Å². The summed E-state index contributed by atoms with van der Waals surface area (Å²) in [6.07, 6.45) is 5.38. The van der Waals surface area contributed by atoms with Gasteiger partial charge in [0.15, 0.2) is 0 Å². The van der Waals surface area contributed by atoms with Gasteiger partial charge in [-0.05, 0) is 31.5 Å². The zero-order valence-electron chi connectivity index (χ0n) is 16.6. The van der Waals surface area contributed by atoms with E-state index < -0.39 is 0 Å². The highest BCUT2D eigenvalue weighted by atomic mass is 15.3. The summed E-state index contributed by atoms with van der Waals surface area (Å²) in [5, 5.41) is 11.6. The van der Waals surface area contributed by atoms with Gasteiger partial charge >= 0.3 is 0 Å². The first-order chi connectivity index (χ1) is 13.1. The van der Waals surface area contributed by atoms with Crippen molar-refractivity contribution in [1.29, 1.82) is 5.41 Å². The molecule has 4 N–H and O–H groups in total. The minimum atomic E-state index is 0.288. The van der Waals surface area contributed by atoms with Gasteiger partial charge in [0.1, 0.15) is 11.5 Å². The number of hydrogen-bond acceptors (Lipinski definition) is 6. The van der Waals surface area contributed by atoms with E-state index in [1.807, 2.05) is 6.20 Å². The Labute approximate surface area is 162 Å². The molecule has 146 valence electrons. The maximum atomic E-state index is 8.29. The first kappa shape index (κ1) is 19.4. The van der Waals surface area contributed by atoms with E-state index in [1.165, 1.54) is 18.7 Å². The predicted molar refractivity (Wildman–Crippen MR) is 115 cm³/mol. The second-order valence-corrected chi connectivity index (χ2v) is 7.27. The lowest BCUT2D eigenvalue weighted by molar-refractivity contribution is 0.258. The Morgan fingerprint density at radius 2 is 1.96 bits per heavy atom. The minimum absolute atomic E-state index is 0.288. The third kappa shape index (κ3) is 4.50. The van der Waals surface area contributed by atoms with Crippen LogP contribution in [0.3, 0.4) is 0 Å². The number of nitrogens with two attached hydrogens (primary N) is 1. The Hall–Kier alpha value is -2.34. The number of nitrogens with zero attached hydrogens (tertiary/aromatic N) is 3. The molecule has 0 radical (unpaired) electrons. The number of piperazine rings is 1. The lowest BCUT2D eigenvalue weighted by Crippen LogP contribution is -2.46. The molecule has 6 heteroatoms. The van der Waals surface area contributed by atoms with Crippen molar-refractivity contribution in [1.82, 2.24) is 10.2 Å². The minimum Gasteiger partial charge on any atom is -0.390 e. The highest BCUT2D eigenvalue weighted by Crippen LogP contribution is 2.34. The Bertz CT molecular complexity index is 728. The highest BCUT2D eigenvalue weighted by Gasteiger charge is 2.23. The van der Waals surface area contributed by atoms with Crippen LogP contribution in [-0.4, -0.2) is 55.7 Å². The molecule has 1 saturated heterocycles. The number of aliphatic imine (C=N–C) groups is 1. The van der Waals surface area contributed by atoms with E-state index in [9.17, 15) is 0 Å². The van der Waals surface area contributed by atoms with Gasteiger partial charge in [-0.15, -0.1) is 0 Å². The first-order valence-electron chi connectivity index (χ1n) is 10.1. The molecule has 1 aromatic rings. The SMILES string of the molecule is CCCCN/C=C1\C(=N)C(N)=Nc2cc(N3CCN(CCC)CC3)ccc21. The van der Waals surface area contributed by atoms with Gasteiger partial charge in [-0.2, -0.15) is 0 Å². The molecule has 2 aliphatic rings. The van der Waals surface area contributed by atoms with Crippen LogP contribution >= 0.6 is 0 Å². The van der Waals surface area contributed by atoms with Crippen molar-refractivity contribution in [3.8, 4) is 0 Å². The quantitative estimate of drug-likeness (QED) is 0.646. The molecule has 3 rings (SSSR count). The molecule has 0 unspecified atom stereocenters. The van der Waals surface area contributed by atoms with Crippen LogP contribution in [0.5, 0.6) is 0 Å². The predicted octanol–water partition coefficient (Wildman–Crippen LogP) is 2.97. The van der Waals surface area contributed by atoms with Crippen molar-refractivity contribution >= 4 is 28.5 Å². The fourth-order valence-electron chi connectivity index (χ4n) is 3.64. The molecular formula is C21H32N6. The van der Waals surface area contributed by atoms with Crippen molar-refractivity contribution in [2.45, 2.75) is 33.1 Å². The number of hydrogen-bond donors (Lipinski definition) is 3. The topological polar surface area (TPSA) is 80.7 Å². The second-order valence-electron chi connectivity index (χ2n) is 7.27. The van der Waals surface area contributed by atoms with Gasteiger partial charge in [0.25, 0.3) is 0 Å². The molecule has 0 aromatic heterocycles. The molecule has 0 saturated carbocycles. The molecule has 6 nitrogen and oxygen atoms in total. The summed E-state index contributed by atoms with van der Waals surface area (Å²) in [6, 6.07) is 6.35. The molecule has 1 fully saturated rings. The van der Waals surface area contributed by atoms with Gasteiger partial charge in [0, 0.05) is 55.7 Å². The zero-order chi connectivity index (χ0) is 19.2. The maximum absolute atomic E-state index is 8.29. The Balaban J connectivity index is 1.78. The molecule has 1 aromatic carbocycles. The number of amidine groups is 1. The lowest BCUT2D eigenvalue weighted by atomic mass is 9.96. The maximum Gasteiger partial charge on any atom is 0.150 e. The molecule has 0 atom stereocenters. The first-order valence-corrected chi connectivity index (χ1v) is 10.1. The monoisotopic (exact) mass is 368 g/mol. The second kappa shape index (κ2) is 9.04. The summed E-state index contributed by atoms with van der Waals surface area (Å²) < 4.78 is 0. The van der Waals surface area contributed by atoms with E-state index in [1.54, 1.807) is 0 Å². The van der Waals surface area contributed by atoms with Crippen molar-refractivity contribution in [2.75, 3.05) is 44.2 Å². The Morgan fingerprint density at radius 3 is 2.67 bits per heavy atom. The van der Waals surface area contributed by atoms with Crippen LogP contribution in [-0.2, 0) is 0 Å². The molecular weight excluding hydrogens is 336 g/mol. The average molecular weight is 369 g/mol. The normalized spacial score (nSPS) is 19.2.